The summed E-state index contributed by atoms with van der Waals surface area (Å²) >= 11 is 0. The Morgan fingerprint density at radius 3 is 2.35 bits per heavy atom. The van der Waals surface area contributed by atoms with Crippen LogP contribution in [0.1, 0.15) is 16.7 Å². The van der Waals surface area contributed by atoms with Crippen molar-refractivity contribution in [3.8, 4) is 17.9 Å². The molecule has 0 radical (unpaired) electrons. The molecule has 1 rings (SSSR count). The summed E-state index contributed by atoms with van der Waals surface area (Å²) in [6.45, 7) is 0. The third-order valence-corrected chi connectivity index (χ3v) is 2.12. The molecule has 0 saturated heterocycles. The number of benzene rings is 1. The van der Waals surface area contributed by atoms with Crippen molar-refractivity contribution in [3.05, 3.63) is 28.8 Å². The Bertz CT molecular complexity index is 509. The maximum Gasteiger partial charge on any atom is 0.417 e. The highest BCUT2D eigenvalue weighted by Crippen LogP contribution is 2.36. The van der Waals surface area contributed by atoms with Gasteiger partial charge in [0.2, 0.25) is 0 Å². The van der Waals surface area contributed by atoms with Crippen LogP contribution in [-0.2, 0) is 12.6 Å². The Kier molecular flexibility index (Phi) is 3.59. The number of alkyl halides is 3. The largest absolute Gasteiger partial charge is 0.497 e. The lowest BCUT2D eigenvalue weighted by Gasteiger charge is -2.13. The van der Waals surface area contributed by atoms with Gasteiger partial charge in [-0.05, 0) is 17.7 Å². The van der Waals surface area contributed by atoms with Crippen LogP contribution in [0.3, 0.4) is 0 Å². The Morgan fingerprint density at radius 2 is 1.94 bits per heavy atom. The number of halogens is 3. The quantitative estimate of drug-likeness (QED) is 0.798. The molecule has 0 heterocycles. The topological polar surface area (TPSA) is 56.8 Å². The van der Waals surface area contributed by atoms with Gasteiger partial charge in [0.25, 0.3) is 0 Å². The van der Waals surface area contributed by atoms with Gasteiger partial charge in [0, 0.05) is 0 Å². The van der Waals surface area contributed by atoms with E-state index < -0.39 is 17.3 Å². The molecule has 1 aromatic rings. The number of ether oxygens (including phenoxy) is 1. The predicted molar refractivity (Wildman–Crippen MR) is 52.0 cm³/mol. The molecule has 0 saturated carbocycles. The average molecular weight is 240 g/mol. The van der Waals surface area contributed by atoms with E-state index in [1.165, 1.54) is 19.2 Å². The summed E-state index contributed by atoms with van der Waals surface area (Å²) in [6.07, 6.45) is -4.92. The molecular weight excluding hydrogens is 233 g/mol. The molecule has 0 aromatic heterocycles. The zero-order valence-electron chi connectivity index (χ0n) is 8.80. The second kappa shape index (κ2) is 4.75. The minimum atomic E-state index is -4.65. The van der Waals surface area contributed by atoms with Gasteiger partial charge in [0.05, 0.1) is 30.7 Å². The lowest BCUT2D eigenvalue weighted by atomic mass is 9.99. The Labute approximate surface area is 95.7 Å². The van der Waals surface area contributed by atoms with Gasteiger partial charge >= 0.3 is 6.18 Å². The van der Waals surface area contributed by atoms with Crippen LogP contribution in [0, 0.1) is 22.7 Å². The number of nitrogens with zero attached hydrogens (tertiary/aromatic N) is 2. The third-order valence-electron chi connectivity index (χ3n) is 2.12. The van der Waals surface area contributed by atoms with Crippen molar-refractivity contribution in [1.82, 2.24) is 0 Å². The van der Waals surface area contributed by atoms with E-state index in [0.717, 1.165) is 6.07 Å². The second-order valence-electron chi connectivity index (χ2n) is 3.15. The fourth-order valence-electron chi connectivity index (χ4n) is 1.37. The van der Waals surface area contributed by atoms with Gasteiger partial charge in [-0.1, -0.05) is 0 Å². The fraction of sp³-hybridized carbons (Fsp3) is 0.273. The van der Waals surface area contributed by atoms with E-state index in [1.54, 1.807) is 6.07 Å². The van der Waals surface area contributed by atoms with Gasteiger partial charge in [-0.2, -0.15) is 23.7 Å². The summed E-state index contributed by atoms with van der Waals surface area (Å²) in [6, 6.07) is 5.21. The zero-order valence-corrected chi connectivity index (χ0v) is 8.80. The maximum atomic E-state index is 12.7. The first kappa shape index (κ1) is 12.9. The molecule has 0 N–H and O–H groups in total. The average Bonchev–Trinajstić information content (AvgIpc) is 2.27. The highest BCUT2D eigenvalue weighted by Gasteiger charge is 2.35. The lowest BCUT2D eigenvalue weighted by Crippen LogP contribution is -2.10. The molecule has 0 bridgehead atoms. The standard InChI is InChI=1S/C11H7F3N2O/c1-17-8-4-7(2-3-15)9(6-16)10(5-8)11(12,13)14/h4-5H,2H2,1H3. The van der Waals surface area contributed by atoms with Crippen LogP contribution < -0.4 is 4.74 Å². The summed E-state index contributed by atoms with van der Waals surface area (Å²) < 4.78 is 42.8. The van der Waals surface area contributed by atoms with Crippen LogP contribution in [-0.4, -0.2) is 7.11 Å². The molecule has 88 valence electrons. The second-order valence-corrected chi connectivity index (χ2v) is 3.15. The highest BCUT2D eigenvalue weighted by molar-refractivity contribution is 5.51. The first-order chi connectivity index (χ1) is 7.93. The van der Waals surface area contributed by atoms with Crippen LogP contribution in [0.5, 0.6) is 5.75 Å². The van der Waals surface area contributed by atoms with Crippen LogP contribution in [0.2, 0.25) is 0 Å². The lowest BCUT2D eigenvalue weighted by molar-refractivity contribution is -0.137. The molecule has 0 atom stereocenters. The Morgan fingerprint density at radius 1 is 1.29 bits per heavy atom. The SMILES string of the molecule is COc1cc(CC#N)c(C#N)c(C(F)(F)F)c1. The Hall–Kier alpha value is -2.21. The van der Waals surface area contributed by atoms with Crippen molar-refractivity contribution < 1.29 is 17.9 Å². The molecule has 0 aliphatic carbocycles. The predicted octanol–water partition coefficient (Wildman–Crippen LogP) is 2.65. The molecule has 0 amide bonds. The third kappa shape index (κ3) is 2.67. The normalized spacial score (nSPS) is 10.5. The van der Waals surface area contributed by atoms with Crippen molar-refractivity contribution in [2.24, 2.45) is 0 Å². The van der Waals surface area contributed by atoms with Crippen LogP contribution >= 0.6 is 0 Å². The summed E-state index contributed by atoms with van der Waals surface area (Å²) in [5.41, 5.74) is -1.59. The number of hydrogen-bond acceptors (Lipinski definition) is 3. The molecule has 1 aromatic carbocycles. The molecule has 0 spiro atoms. The van der Waals surface area contributed by atoms with Crippen LogP contribution in [0.25, 0.3) is 0 Å². The van der Waals surface area contributed by atoms with Gasteiger partial charge < -0.3 is 4.74 Å². The minimum absolute atomic E-state index is 0.0154. The van der Waals surface area contributed by atoms with Gasteiger partial charge in [0.1, 0.15) is 11.8 Å². The first-order valence-electron chi connectivity index (χ1n) is 4.49. The van der Waals surface area contributed by atoms with E-state index in [4.69, 9.17) is 15.3 Å². The zero-order chi connectivity index (χ0) is 13.1. The molecule has 17 heavy (non-hydrogen) atoms. The number of hydrogen-bond donors (Lipinski definition) is 0. The minimum Gasteiger partial charge on any atom is -0.497 e. The van der Waals surface area contributed by atoms with Crippen molar-refractivity contribution in [1.29, 1.82) is 10.5 Å². The van der Waals surface area contributed by atoms with Crippen molar-refractivity contribution in [3.63, 3.8) is 0 Å². The van der Waals surface area contributed by atoms with Gasteiger partial charge in [-0.15, -0.1) is 0 Å². The van der Waals surface area contributed by atoms with E-state index in [0.29, 0.717) is 0 Å². The number of nitriles is 2. The molecule has 0 aliphatic rings. The first-order valence-corrected chi connectivity index (χ1v) is 4.49. The molecule has 6 heteroatoms. The molecule has 0 fully saturated rings. The van der Waals surface area contributed by atoms with E-state index in [2.05, 4.69) is 0 Å². The van der Waals surface area contributed by atoms with E-state index >= 15 is 0 Å². The van der Waals surface area contributed by atoms with E-state index in [-0.39, 0.29) is 17.7 Å². The molecular formula is C11H7F3N2O. The van der Waals surface area contributed by atoms with Crippen molar-refractivity contribution >= 4 is 0 Å². The number of rotatable bonds is 2. The van der Waals surface area contributed by atoms with Gasteiger partial charge in [0.15, 0.2) is 0 Å². The van der Waals surface area contributed by atoms with E-state index in [1.807, 2.05) is 0 Å². The number of methoxy groups -OCH3 is 1. The van der Waals surface area contributed by atoms with Gasteiger partial charge in [-0.25, -0.2) is 0 Å². The molecule has 0 aliphatic heterocycles. The summed E-state index contributed by atoms with van der Waals surface area (Å²) in [5.74, 6) is -0.0263. The summed E-state index contributed by atoms with van der Waals surface area (Å²) in [4.78, 5) is 0. The molecule has 0 unspecified atom stereocenters. The monoisotopic (exact) mass is 240 g/mol. The van der Waals surface area contributed by atoms with Gasteiger partial charge in [-0.3, -0.25) is 0 Å². The van der Waals surface area contributed by atoms with E-state index in [9.17, 15) is 13.2 Å². The summed E-state index contributed by atoms with van der Waals surface area (Å²) in [7, 11) is 1.22. The van der Waals surface area contributed by atoms with Crippen molar-refractivity contribution in [2.45, 2.75) is 12.6 Å². The molecule has 3 nitrogen and oxygen atoms in total. The van der Waals surface area contributed by atoms with Crippen LogP contribution in [0.15, 0.2) is 12.1 Å². The highest BCUT2D eigenvalue weighted by atomic mass is 19.4. The smallest absolute Gasteiger partial charge is 0.417 e. The van der Waals surface area contributed by atoms with Crippen molar-refractivity contribution in [2.75, 3.05) is 7.11 Å². The Balaban J connectivity index is 3.53. The summed E-state index contributed by atoms with van der Waals surface area (Å²) in [5, 5.41) is 17.3. The maximum absolute atomic E-state index is 12.7. The fourth-order valence-corrected chi connectivity index (χ4v) is 1.37. The van der Waals surface area contributed by atoms with Crippen LogP contribution in [0.4, 0.5) is 13.2 Å².